The number of ether oxygens (including phenoxy) is 3. The minimum Gasteiger partial charge on any atom is -0.486 e. The second-order valence-electron chi connectivity index (χ2n) is 5.72. The van der Waals surface area contributed by atoms with Gasteiger partial charge in [-0.15, -0.1) is 0 Å². The van der Waals surface area contributed by atoms with Gasteiger partial charge in [0.2, 0.25) is 0 Å². The molecule has 0 aliphatic carbocycles. The number of nitrogens with zero attached hydrogens (tertiary/aromatic N) is 1. The van der Waals surface area contributed by atoms with Gasteiger partial charge in [0.1, 0.15) is 25.4 Å². The van der Waals surface area contributed by atoms with E-state index in [1.807, 2.05) is 12.1 Å². The Morgan fingerprint density at radius 2 is 2.22 bits per heavy atom. The van der Waals surface area contributed by atoms with Crippen molar-refractivity contribution in [1.82, 2.24) is 4.98 Å². The van der Waals surface area contributed by atoms with Crippen LogP contribution in [0.15, 0.2) is 12.1 Å². The fourth-order valence-electron chi connectivity index (χ4n) is 2.88. The molecule has 1 saturated heterocycles. The van der Waals surface area contributed by atoms with Crippen molar-refractivity contribution >= 4 is 26.7 Å². The van der Waals surface area contributed by atoms with E-state index in [-0.39, 0.29) is 12.1 Å². The molecule has 0 saturated carbocycles. The lowest BCUT2D eigenvalue weighted by Crippen LogP contribution is -2.50. The van der Waals surface area contributed by atoms with Crippen LogP contribution in [0.2, 0.25) is 0 Å². The SMILES string of the molecule is N[C@H]1CO[C@@H](CF)C[C@H]1Nc1nc2c3c(ccc2s1)OCCO3. The summed E-state index contributed by atoms with van der Waals surface area (Å²) in [5, 5.41) is 4.08. The van der Waals surface area contributed by atoms with Crippen LogP contribution in [0, 0.1) is 0 Å². The van der Waals surface area contributed by atoms with Crippen molar-refractivity contribution in [1.29, 1.82) is 0 Å². The number of nitrogens with one attached hydrogen (secondary N) is 1. The molecular weight excluding hydrogens is 321 g/mol. The average Bonchev–Trinajstić information content (AvgIpc) is 3.00. The third-order valence-electron chi connectivity index (χ3n) is 4.10. The third-order valence-corrected chi connectivity index (χ3v) is 5.06. The summed E-state index contributed by atoms with van der Waals surface area (Å²) < 4.78 is 30.5. The first-order valence-corrected chi connectivity index (χ1v) is 8.45. The summed E-state index contributed by atoms with van der Waals surface area (Å²) in [5.41, 5.74) is 6.86. The molecule has 2 aliphatic rings. The smallest absolute Gasteiger partial charge is 0.188 e. The lowest BCUT2D eigenvalue weighted by molar-refractivity contribution is -0.0127. The van der Waals surface area contributed by atoms with E-state index in [0.29, 0.717) is 32.0 Å². The molecule has 3 heterocycles. The summed E-state index contributed by atoms with van der Waals surface area (Å²) in [6.45, 7) is 0.928. The Labute approximate surface area is 136 Å². The largest absolute Gasteiger partial charge is 0.486 e. The van der Waals surface area contributed by atoms with Gasteiger partial charge in [-0.1, -0.05) is 11.3 Å². The number of hydrogen-bond acceptors (Lipinski definition) is 7. The number of rotatable bonds is 3. The highest BCUT2D eigenvalue weighted by atomic mass is 32.1. The van der Waals surface area contributed by atoms with E-state index in [9.17, 15) is 4.39 Å². The molecule has 1 fully saturated rings. The lowest BCUT2D eigenvalue weighted by Gasteiger charge is -2.33. The highest BCUT2D eigenvalue weighted by molar-refractivity contribution is 7.22. The topological polar surface area (TPSA) is 78.6 Å². The Morgan fingerprint density at radius 3 is 3.09 bits per heavy atom. The molecule has 3 atom stereocenters. The van der Waals surface area contributed by atoms with Crippen LogP contribution in [0.3, 0.4) is 0 Å². The molecule has 6 nitrogen and oxygen atoms in total. The quantitative estimate of drug-likeness (QED) is 0.890. The fraction of sp³-hybridized carbons (Fsp3) is 0.533. The van der Waals surface area contributed by atoms with Gasteiger partial charge in [0, 0.05) is 12.1 Å². The molecule has 1 aromatic heterocycles. The summed E-state index contributed by atoms with van der Waals surface area (Å²) >= 11 is 1.53. The Balaban J connectivity index is 1.59. The molecule has 0 spiro atoms. The highest BCUT2D eigenvalue weighted by Gasteiger charge is 2.30. The van der Waals surface area contributed by atoms with E-state index in [1.165, 1.54) is 11.3 Å². The second-order valence-corrected chi connectivity index (χ2v) is 6.75. The van der Waals surface area contributed by atoms with Gasteiger partial charge < -0.3 is 25.3 Å². The van der Waals surface area contributed by atoms with Gasteiger partial charge in [0.15, 0.2) is 16.6 Å². The molecule has 2 aliphatic heterocycles. The van der Waals surface area contributed by atoms with Crippen LogP contribution in [0.25, 0.3) is 10.2 Å². The number of anilines is 1. The van der Waals surface area contributed by atoms with Crippen LogP contribution in [0.5, 0.6) is 11.5 Å². The van der Waals surface area contributed by atoms with Gasteiger partial charge in [0.25, 0.3) is 0 Å². The molecule has 4 rings (SSSR count). The molecule has 8 heteroatoms. The standard InChI is InChI=1S/C15H18FN3O3S/c16-6-8-5-10(9(17)7-22-8)18-15-19-13-12(23-15)2-1-11-14(13)21-4-3-20-11/h1-2,8-10H,3-7,17H2,(H,18,19)/t8-,9+,10-/m1/s1. The maximum atomic E-state index is 12.8. The monoisotopic (exact) mass is 339 g/mol. The molecule has 0 unspecified atom stereocenters. The van der Waals surface area contributed by atoms with Crippen molar-refractivity contribution in [2.45, 2.75) is 24.6 Å². The van der Waals surface area contributed by atoms with Crippen LogP contribution in [-0.2, 0) is 4.74 Å². The van der Waals surface area contributed by atoms with E-state index in [4.69, 9.17) is 19.9 Å². The van der Waals surface area contributed by atoms with Gasteiger partial charge in [0.05, 0.1) is 17.4 Å². The van der Waals surface area contributed by atoms with Crippen molar-refractivity contribution in [2.75, 3.05) is 31.8 Å². The number of thiazole rings is 1. The number of benzene rings is 1. The number of aromatic nitrogens is 1. The Morgan fingerprint density at radius 1 is 1.35 bits per heavy atom. The van der Waals surface area contributed by atoms with E-state index in [0.717, 1.165) is 21.1 Å². The van der Waals surface area contributed by atoms with E-state index < -0.39 is 12.8 Å². The van der Waals surface area contributed by atoms with Crippen molar-refractivity contribution in [3.63, 3.8) is 0 Å². The maximum absolute atomic E-state index is 12.8. The zero-order chi connectivity index (χ0) is 15.8. The first-order chi connectivity index (χ1) is 11.2. The molecule has 3 N–H and O–H groups in total. The minimum absolute atomic E-state index is 0.0574. The first-order valence-electron chi connectivity index (χ1n) is 7.63. The highest BCUT2D eigenvalue weighted by Crippen LogP contribution is 2.40. The summed E-state index contributed by atoms with van der Waals surface area (Å²) in [5.74, 6) is 1.41. The molecule has 0 bridgehead atoms. The number of fused-ring (bicyclic) bond motifs is 3. The number of alkyl halides is 1. The molecule has 2 aromatic rings. The lowest BCUT2D eigenvalue weighted by atomic mass is 10.00. The zero-order valence-corrected chi connectivity index (χ0v) is 13.3. The van der Waals surface area contributed by atoms with Crippen molar-refractivity contribution in [2.24, 2.45) is 5.73 Å². The minimum atomic E-state index is -0.497. The molecular formula is C15H18FN3O3S. The van der Waals surface area contributed by atoms with E-state index in [2.05, 4.69) is 10.3 Å². The van der Waals surface area contributed by atoms with E-state index >= 15 is 0 Å². The van der Waals surface area contributed by atoms with Gasteiger partial charge in [-0.3, -0.25) is 0 Å². The molecule has 124 valence electrons. The van der Waals surface area contributed by atoms with E-state index in [1.54, 1.807) is 0 Å². The van der Waals surface area contributed by atoms with Crippen LogP contribution in [0.1, 0.15) is 6.42 Å². The summed E-state index contributed by atoms with van der Waals surface area (Å²) in [4.78, 5) is 4.62. The van der Waals surface area contributed by atoms with Crippen LogP contribution in [0.4, 0.5) is 9.52 Å². The maximum Gasteiger partial charge on any atom is 0.188 e. The summed E-state index contributed by atoms with van der Waals surface area (Å²) in [6, 6.07) is 3.63. The summed E-state index contributed by atoms with van der Waals surface area (Å²) in [7, 11) is 0. The van der Waals surface area contributed by atoms with Crippen LogP contribution in [-0.4, -0.2) is 49.7 Å². The van der Waals surface area contributed by atoms with Crippen molar-refractivity contribution < 1.29 is 18.6 Å². The molecule has 0 amide bonds. The number of hydrogen-bond donors (Lipinski definition) is 2. The zero-order valence-electron chi connectivity index (χ0n) is 12.5. The Bertz CT molecular complexity index is 711. The predicted molar refractivity (Wildman–Crippen MR) is 86.3 cm³/mol. The van der Waals surface area contributed by atoms with Crippen LogP contribution >= 0.6 is 11.3 Å². The van der Waals surface area contributed by atoms with Gasteiger partial charge in [-0.25, -0.2) is 9.37 Å². The van der Waals surface area contributed by atoms with Gasteiger partial charge in [-0.05, 0) is 18.6 Å². The normalized spacial score (nSPS) is 27.1. The predicted octanol–water partition coefficient (Wildman–Crippen LogP) is 1.93. The molecule has 1 aromatic carbocycles. The summed E-state index contributed by atoms with van der Waals surface area (Å²) in [6.07, 6.45) is 0.136. The Hall–Kier alpha value is -1.64. The van der Waals surface area contributed by atoms with Gasteiger partial charge >= 0.3 is 0 Å². The van der Waals surface area contributed by atoms with Crippen molar-refractivity contribution in [3.8, 4) is 11.5 Å². The fourth-order valence-corrected chi connectivity index (χ4v) is 3.81. The Kier molecular flexibility index (Phi) is 3.96. The molecule has 0 radical (unpaired) electrons. The van der Waals surface area contributed by atoms with Gasteiger partial charge in [-0.2, -0.15) is 0 Å². The number of halogens is 1. The average molecular weight is 339 g/mol. The second kappa shape index (κ2) is 6.10. The third kappa shape index (κ3) is 2.82. The number of nitrogens with two attached hydrogens (primary N) is 1. The molecule has 23 heavy (non-hydrogen) atoms. The first kappa shape index (κ1) is 14.9. The van der Waals surface area contributed by atoms with Crippen LogP contribution < -0.4 is 20.5 Å². The van der Waals surface area contributed by atoms with Crippen molar-refractivity contribution in [3.05, 3.63) is 12.1 Å².